The summed E-state index contributed by atoms with van der Waals surface area (Å²) in [4.78, 5) is 16.2. The number of nitrogens with zero attached hydrogens (tertiary/aromatic N) is 1. The van der Waals surface area contributed by atoms with Gasteiger partial charge in [0.15, 0.2) is 6.04 Å². The van der Waals surface area contributed by atoms with Gasteiger partial charge in [-0.1, -0.05) is 11.6 Å². The van der Waals surface area contributed by atoms with E-state index in [1.54, 1.807) is 25.3 Å². The van der Waals surface area contributed by atoms with Crippen molar-refractivity contribution in [2.24, 2.45) is 0 Å². The number of rotatable bonds is 5. The topological polar surface area (TPSA) is 51.2 Å². The normalized spacial score (nSPS) is 11.9. The number of esters is 1. The first-order valence-electron chi connectivity index (χ1n) is 5.89. The number of hydrogen-bond donors (Lipinski definition) is 1. The zero-order chi connectivity index (χ0) is 14.5. The first-order valence-corrected chi connectivity index (χ1v) is 7.94. The van der Waals surface area contributed by atoms with Crippen molar-refractivity contribution >= 4 is 50.5 Å². The van der Waals surface area contributed by atoms with Gasteiger partial charge in [0.1, 0.15) is 5.01 Å². The second kappa shape index (κ2) is 7.06. The molecule has 0 aliphatic rings. The molecule has 2 aromatic rings. The summed E-state index contributed by atoms with van der Waals surface area (Å²) >= 11 is 10.7. The van der Waals surface area contributed by atoms with Crippen LogP contribution in [0.25, 0.3) is 0 Å². The van der Waals surface area contributed by atoms with Gasteiger partial charge in [-0.2, -0.15) is 0 Å². The molecule has 7 heteroatoms. The Hall–Kier alpha value is -1.11. The molecule has 0 bridgehead atoms. The van der Waals surface area contributed by atoms with E-state index in [0.29, 0.717) is 16.6 Å². The SMILES string of the molecule is CCOC(=O)C(Nc1ccc(Cl)c(Br)c1)c1nccs1. The van der Waals surface area contributed by atoms with E-state index in [0.717, 1.165) is 10.2 Å². The monoisotopic (exact) mass is 374 g/mol. The van der Waals surface area contributed by atoms with Crippen LogP contribution in [-0.4, -0.2) is 17.6 Å². The summed E-state index contributed by atoms with van der Waals surface area (Å²) in [5.41, 5.74) is 0.759. The first-order chi connectivity index (χ1) is 9.61. The summed E-state index contributed by atoms with van der Waals surface area (Å²) in [6.45, 7) is 2.10. The highest BCUT2D eigenvalue weighted by Gasteiger charge is 2.24. The molecule has 0 spiro atoms. The van der Waals surface area contributed by atoms with Crippen molar-refractivity contribution < 1.29 is 9.53 Å². The molecule has 20 heavy (non-hydrogen) atoms. The maximum absolute atomic E-state index is 12.0. The number of thiazole rings is 1. The molecule has 1 aromatic carbocycles. The van der Waals surface area contributed by atoms with Gasteiger partial charge in [-0.05, 0) is 41.1 Å². The van der Waals surface area contributed by atoms with E-state index >= 15 is 0 Å². The fourth-order valence-electron chi connectivity index (χ4n) is 1.58. The lowest BCUT2D eigenvalue weighted by Crippen LogP contribution is -2.23. The van der Waals surface area contributed by atoms with Gasteiger partial charge in [0.2, 0.25) is 0 Å². The van der Waals surface area contributed by atoms with Crippen LogP contribution in [-0.2, 0) is 9.53 Å². The van der Waals surface area contributed by atoms with Crippen molar-refractivity contribution in [3.05, 3.63) is 44.3 Å². The number of carbonyl (C=O) groups is 1. The third-order valence-corrected chi connectivity index (χ3v) is 4.51. The van der Waals surface area contributed by atoms with Gasteiger partial charge in [0.25, 0.3) is 0 Å². The Kier molecular flexibility index (Phi) is 5.39. The largest absolute Gasteiger partial charge is 0.464 e. The molecule has 1 N–H and O–H groups in total. The van der Waals surface area contributed by atoms with Crippen LogP contribution in [0.3, 0.4) is 0 Å². The summed E-state index contributed by atoms with van der Waals surface area (Å²) in [5.74, 6) is -0.353. The number of hydrogen-bond acceptors (Lipinski definition) is 5. The molecule has 0 saturated carbocycles. The van der Waals surface area contributed by atoms with Gasteiger partial charge < -0.3 is 10.1 Å². The molecule has 0 saturated heterocycles. The zero-order valence-corrected chi connectivity index (χ0v) is 13.8. The summed E-state index contributed by atoms with van der Waals surface area (Å²) < 4.78 is 5.84. The van der Waals surface area contributed by atoms with Gasteiger partial charge in [-0.25, -0.2) is 9.78 Å². The van der Waals surface area contributed by atoms with Crippen LogP contribution >= 0.6 is 38.9 Å². The molecule has 4 nitrogen and oxygen atoms in total. The minimum atomic E-state index is -0.622. The van der Waals surface area contributed by atoms with Gasteiger partial charge in [0, 0.05) is 21.7 Å². The Balaban J connectivity index is 2.23. The van der Waals surface area contributed by atoms with Crippen LogP contribution in [0.4, 0.5) is 5.69 Å². The molecular formula is C13H12BrClN2O2S. The predicted octanol–water partition coefficient (Wildman–Crippen LogP) is 4.28. The molecule has 0 radical (unpaired) electrons. The Morgan fingerprint density at radius 3 is 3.00 bits per heavy atom. The number of carbonyl (C=O) groups excluding carboxylic acids is 1. The second-order valence-electron chi connectivity index (χ2n) is 3.83. The molecule has 1 unspecified atom stereocenters. The molecule has 0 aliphatic carbocycles. The van der Waals surface area contributed by atoms with Gasteiger partial charge in [-0.3, -0.25) is 0 Å². The minimum Gasteiger partial charge on any atom is -0.464 e. The number of halogens is 2. The third kappa shape index (κ3) is 3.71. The quantitative estimate of drug-likeness (QED) is 0.793. The molecule has 1 heterocycles. The van der Waals surface area contributed by atoms with Crippen molar-refractivity contribution in [1.82, 2.24) is 4.98 Å². The van der Waals surface area contributed by atoms with Crippen LogP contribution in [0, 0.1) is 0 Å². The van der Waals surface area contributed by atoms with Crippen molar-refractivity contribution in [2.75, 3.05) is 11.9 Å². The van der Waals surface area contributed by atoms with Crippen LogP contribution in [0.5, 0.6) is 0 Å². The first kappa shape index (κ1) is 15.3. The number of nitrogens with one attached hydrogen (secondary N) is 1. The highest BCUT2D eigenvalue weighted by molar-refractivity contribution is 9.10. The molecule has 1 atom stereocenters. The average Bonchev–Trinajstić information content (AvgIpc) is 2.94. The number of ether oxygens (including phenoxy) is 1. The molecule has 106 valence electrons. The molecule has 2 rings (SSSR count). The van der Waals surface area contributed by atoms with Crippen LogP contribution < -0.4 is 5.32 Å². The van der Waals surface area contributed by atoms with E-state index in [1.807, 2.05) is 11.4 Å². The minimum absolute atomic E-state index is 0.326. The van der Waals surface area contributed by atoms with Crippen molar-refractivity contribution in [1.29, 1.82) is 0 Å². The molecular weight excluding hydrogens is 364 g/mol. The number of anilines is 1. The predicted molar refractivity (Wildman–Crippen MR) is 84.3 cm³/mol. The van der Waals surface area contributed by atoms with Crippen molar-refractivity contribution in [3.8, 4) is 0 Å². The fourth-order valence-corrected chi connectivity index (χ4v) is 2.75. The Bertz CT molecular complexity index is 592. The number of benzene rings is 1. The molecule has 0 aliphatic heterocycles. The maximum atomic E-state index is 12.0. The third-order valence-electron chi connectivity index (χ3n) is 2.45. The summed E-state index contributed by atoms with van der Waals surface area (Å²) in [5, 5.41) is 6.21. The van der Waals surface area contributed by atoms with E-state index < -0.39 is 6.04 Å². The Morgan fingerprint density at radius 2 is 2.40 bits per heavy atom. The number of aromatic nitrogens is 1. The van der Waals surface area contributed by atoms with Crippen molar-refractivity contribution in [3.63, 3.8) is 0 Å². The van der Waals surface area contributed by atoms with E-state index in [-0.39, 0.29) is 5.97 Å². The summed E-state index contributed by atoms with van der Waals surface area (Å²) in [7, 11) is 0. The highest BCUT2D eigenvalue weighted by Crippen LogP contribution is 2.28. The Labute approximate surface area is 134 Å². The van der Waals surface area contributed by atoms with E-state index in [2.05, 4.69) is 26.2 Å². The molecule has 0 fully saturated rings. The van der Waals surface area contributed by atoms with Gasteiger partial charge in [-0.15, -0.1) is 11.3 Å². The van der Waals surface area contributed by atoms with Crippen LogP contribution in [0.15, 0.2) is 34.2 Å². The Morgan fingerprint density at radius 1 is 1.60 bits per heavy atom. The van der Waals surface area contributed by atoms with Crippen LogP contribution in [0.2, 0.25) is 5.02 Å². The summed E-state index contributed by atoms with van der Waals surface area (Å²) in [6, 6.07) is 4.73. The van der Waals surface area contributed by atoms with Crippen LogP contribution in [0.1, 0.15) is 18.0 Å². The van der Waals surface area contributed by atoms with E-state index in [1.165, 1.54) is 11.3 Å². The van der Waals surface area contributed by atoms with Crippen molar-refractivity contribution in [2.45, 2.75) is 13.0 Å². The lowest BCUT2D eigenvalue weighted by Gasteiger charge is -2.16. The molecule has 1 aromatic heterocycles. The lowest BCUT2D eigenvalue weighted by atomic mass is 10.2. The second-order valence-corrected chi connectivity index (χ2v) is 6.02. The van der Waals surface area contributed by atoms with Gasteiger partial charge >= 0.3 is 5.97 Å². The zero-order valence-electron chi connectivity index (χ0n) is 10.6. The smallest absolute Gasteiger partial charge is 0.335 e. The maximum Gasteiger partial charge on any atom is 0.335 e. The standard InChI is InChI=1S/C13H12BrClN2O2S/c1-2-19-13(18)11(12-16-5-6-20-12)17-8-3-4-10(15)9(14)7-8/h3-7,11,17H,2H2,1H3. The lowest BCUT2D eigenvalue weighted by molar-refractivity contribution is -0.144. The highest BCUT2D eigenvalue weighted by atomic mass is 79.9. The van der Waals surface area contributed by atoms with E-state index in [9.17, 15) is 4.79 Å². The fraction of sp³-hybridized carbons (Fsp3) is 0.231. The van der Waals surface area contributed by atoms with Gasteiger partial charge in [0.05, 0.1) is 11.6 Å². The molecule has 0 amide bonds. The van der Waals surface area contributed by atoms with E-state index in [4.69, 9.17) is 16.3 Å². The summed E-state index contributed by atoms with van der Waals surface area (Å²) in [6.07, 6.45) is 1.66. The average molecular weight is 376 g/mol.